The van der Waals surface area contributed by atoms with Crippen molar-refractivity contribution in [3.8, 4) is 0 Å². The van der Waals surface area contributed by atoms with E-state index in [1.165, 1.54) is 0 Å². The van der Waals surface area contributed by atoms with Gasteiger partial charge in [0.1, 0.15) is 6.10 Å². The molecule has 7 nitrogen and oxygen atoms in total. The molecule has 0 aliphatic rings. The van der Waals surface area contributed by atoms with E-state index in [9.17, 15) is 19.5 Å². The van der Waals surface area contributed by atoms with Crippen LogP contribution in [-0.2, 0) is 19.1 Å². The van der Waals surface area contributed by atoms with Crippen LogP contribution in [0.5, 0.6) is 0 Å². The molecule has 0 aromatic rings. The molecule has 0 bridgehead atoms. The van der Waals surface area contributed by atoms with Gasteiger partial charge in [0.05, 0.1) is 13.0 Å². The fourth-order valence-electron chi connectivity index (χ4n) is 3.43. The highest BCUT2D eigenvalue weighted by atomic mass is 32.2. The maximum Gasteiger partial charge on any atom is 0.309 e. The predicted molar refractivity (Wildman–Crippen MR) is 182 cm³/mol. The summed E-state index contributed by atoms with van der Waals surface area (Å²) in [5.74, 6) is -0.336. The van der Waals surface area contributed by atoms with E-state index in [4.69, 9.17) is 4.74 Å². The van der Waals surface area contributed by atoms with E-state index in [0.29, 0.717) is 11.8 Å². The second-order valence-corrected chi connectivity index (χ2v) is 12.7. The Kier molecular flexibility index (Phi) is 25.0. The number of carbonyl (C=O) groups excluding carboxylic acids is 3. The van der Waals surface area contributed by atoms with Crippen LogP contribution in [0.3, 0.4) is 0 Å². The summed E-state index contributed by atoms with van der Waals surface area (Å²) in [5, 5.41) is 16.3. The molecule has 3 N–H and O–H groups in total. The summed E-state index contributed by atoms with van der Waals surface area (Å²) in [6.07, 6.45) is 29.6. The van der Waals surface area contributed by atoms with Crippen molar-refractivity contribution in [2.75, 3.05) is 25.4 Å². The van der Waals surface area contributed by atoms with E-state index in [0.717, 1.165) is 44.3 Å². The number of hydrogen-bond donors (Lipinski definition) is 3. The van der Waals surface area contributed by atoms with Gasteiger partial charge in [0.25, 0.3) is 0 Å². The summed E-state index contributed by atoms with van der Waals surface area (Å²) in [5.41, 5.74) is -0.978. The number of thioether (sulfide) groups is 1. The Hall–Kier alpha value is -2.84. The number of rotatable bonds is 24. The summed E-state index contributed by atoms with van der Waals surface area (Å²) in [4.78, 5) is 36.3. The molecular weight excluding hydrogens is 560 g/mol. The average molecular weight is 617 g/mol. The van der Waals surface area contributed by atoms with Gasteiger partial charge in [-0.2, -0.15) is 11.8 Å². The quantitative estimate of drug-likeness (QED) is 0.0628. The largest absolute Gasteiger partial charge is 0.465 e. The molecule has 1 atom stereocenters. The maximum absolute atomic E-state index is 12.3. The number of aliphatic hydroxyl groups is 1. The van der Waals surface area contributed by atoms with Crippen molar-refractivity contribution < 1.29 is 24.2 Å². The summed E-state index contributed by atoms with van der Waals surface area (Å²) in [6.45, 7) is 10.2. The van der Waals surface area contributed by atoms with Crippen molar-refractivity contribution in [1.29, 1.82) is 0 Å². The van der Waals surface area contributed by atoms with Gasteiger partial charge in [-0.1, -0.05) is 108 Å². The van der Waals surface area contributed by atoms with Gasteiger partial charge in [0.15, 0.2) is 0 Å². The van der Waals surface area contributed by atoms with Crippen LogP contribution >= 0.6 is 11.8 Å². The minimum Gasteiger partial charge on any atom is -0.465 e. The van der Waals surface area contributed by atoms with Crippen molar-refractivity contribution in [2.24, 2.45) is 5.41 Å². The normalized spacial score (nSPS) is 13.5. The Bertz CT molecular complexity index is 948. The van der Waals surface area contributed by atoms with Crippen molar-refractivity contribution in [3.63, 3.8) is 0 Å². The summed E-state index contributed by atoms with van der Waals surface area (Å²) < 4.78 is 5.29. The SMILES string of the molecule is CC/C=C\C/C=C\C/C=C\C/C=C\C/C=C\C/C=C\CC(=O)OCC(C)(C)[C@@H](O)C(=O)NCCC(=O)NCCSC(C)C. The number of aliphatic hydroxyl groups excluding tert-OH is 1. The molecule has 8 heteroatoms. The van der Waals surface area contributed by atoms with E-state index in [1.54, 1.807) is 31.7 Å². The van der Waals surface area contributed by atoms with Crippen LogP contribution in [0.2, 0.25) is 0 Å². The monoisotopic (exact) mass is 616 g/mol. The zero-order chi connectivity index (χ0) is 32.2. The van der Waals surface area contributed by atoms with E-state index in [-0.39, 0.29) is 31.9 Å². The number of allylic oxidation sites excluding steroid dienone is 11. The van der Waals surface area contributed by atoms with Gasteiger partial charge in [-0.25, -0.2) is 0 Å². The molecule has 0 heterocycles. The second kappa shape index (κ2) is 26.8. The molecule has 0 rings (SSSR count). The lowest BCUT2D eigenvalue weighted by Gasteiger charge is -2.28. The molecule has 0 saturated carbocycles. The van der Waals surface area contributed by atoms with E-state index in [2.05, 4.69) is 86.1 Å². The fraction of sp³-hybridized carbons (Fsp3) is 0.571. The van der Waals surface area contributed by atoms with Gasteiger partial charge in [-0.05, 0) is 43.8 Å². The summed E-state index contributed by atoms with van der Waals surface area (Å²) in [7, 11) is 0. The second-order valence-electron chi connectivity index (χ2n) is 11.0. The van der Waals surface area contributed by atoms with Crippen LogP contribution in [0.25, 0.3) is 0 Å². The first kappa shape index (κ1) is 40.2. The topological polar surface area (TPSA) is 105 Å². The first-order chi connectivity index (χ1) is 20.6. The van der Waals surface area contributed by atoms with E-state index < -0.39 is 23.4 Å². The smallest absolute Gasteiger partial charge is 0.309 e. The third kappa shape index (κ3) is 25.4. The number of esters is 1. The van der Waals surface area contributed by atoms with Gasteiger partial charge < -0.3 is 20.5 Å². The first-order valence-electron chi connectivity index (χ1n) is 15.5. The van der Waals surface area contributed by atoms with Gasteiger partial charge in [-0.15, -0.1) is 0 Å². The molecule has 43 heavy (non-hydrogen) atoms. The molecule has 2 amide bonds. The molecule has 242 valence electrons. The molecule has 0 radical (unpaired) electrons. The van der Waals surface area contributed by atoms with Crippen LogP contribution in [0.15, 0.2) is 72.9 Å². The van der Waals surface area contributed by atoms with Gasteiger partial charge >= 0.3 is 5.97 Å². The van der Waals surface area contributed by atoms with E-state index in [1.807, 2.05) is 12.2 Å². The van der Waals surface area contributed by atoms with Crippen LogP contribution in [0.1, 0.15) is 86.0 Å². The third-order valence-electron chi connectivity index (χ3n) is 6.00. The van der Waals surface area contributed by atoms with Crippen molar-refractivity contribution in [1.82, 2.24) is 10.6 Å². The average Bonchev–Trinajstić information content (AvgIpc) is 2.97. The van der Waals surface area contributed by atoms with Gasteiger partial charge in [0, 0.05) is 30.7 Å². The van der Waals surface area contributed by atoms with Crippen LogP contribution < -0.4 is 10.6 Å². The minimum atomic E-state index is -1.38. The van der Waals surface area contributed by atoms with Crippen molar-refractivity contribution in [3.05, 3.63) is 72.9 Å². The highest BCUT2D eigenvalue weighted by molar-refractivity contribution is 7.99. The Morgan fingerprint density at radius 2 is 1.26 bits per heavy atom. The highest BCUT2D eigenvalue weighted by Crippen LogP contribution is 2.21. The number of hydrogen-bond acceptors (Lipinski definition) is 6. The van der Waals surface area contributed by atoms with Crippen LogP contribution in [0.4, 0.5) is 0 Å². The standard InChI is InChI=1S/C35H56N2O5S/c1-6-7-8-9-10-11-12-13-14-15-16-17-18-19-20-21-22-23-24-32(39)42-29-35(4,5)33(40)34(41)37-26-25-31(38)36-27-28-43-30(2)3/h7-8,10-11,13-14,16-17,19-20,22-23,30,33,40H,6,9,12,15,18,21,24-29H2,1-5H3,(H,36,38)(H,37,41)/b8-7-,11-10-,14-13-,17-16-,20-19-,23-22-/t33-/m0/s1. The molecule has 0 spiro atoms. The summed E-state index contributed by atoms with van der Waals surface area (Å²) in [6, 6.07) is 0. The predicted octanol–water partition coefficient (Wildman–Crippen LogP) is 6.77. The van der Waals surface area contributed by atoms with Crippen LogP contribution in [0, 0.1) is 5.41 Å². The summed E-state index contributed by atoms with van der Waals surface area (Å²) >= 11 is 1.76. The molecular formula is C35H56N2O5S. The third-order valence-corrected chi connectivity index (χ3v) is 7.11. The lowest BCUT2D eigenvalue weighted by molar-refractivity contribution is -0.152. The molecule has 0 saturated heterocycles. The van der Waals surface area contributed by atoms with Gasteiger partial charge in [-0.3, -0.25) is 14.4 Å². The Balaban J connectivity index is 4.05. The first-order valence-corrected chi connectivity index (χ1v) is 16.5. The minimum absolute atomic E-state index is 0.100. The molecule has 0 fully saturated rings. The molecule has 0 unspecified atom stereocenters. The number of amides is 2. The zero-order valence-corrected chi connectivity index (χ0v) is 27.9. The number of ether oxygens (including phenoxy) is 1. The highest BCUT2D eigenvalue weighted by Gasteiger charge is 2.34. The lowest BCUT2D eigenvalue weighted by atomic mass is 9.87. The maximum atomic E-state index is 12.3. The van der Waals surface area contributed by atoms with Crippen molar-refractivity contribution in [2.45, 2.75) is 97.3 Å². The Morgan fingerprint density at radius 1 is 0.767 bits per heavy atom. The lowest BCUT2D eigenvalue weighted by Crippen LogP contribution is -2.47. The van der Waals surface area contributed by atoms with Gasteiger partial charge in [0.2, 0.25) is 11.8 Å². The molecule has 0 aromatic carbocycles. The zero-order valence-electron chi connectivity index (χ0n) is 27.1. The molecule has 0 aliphatic carbocycles. The van der Waals surface area contributed by atoms with E-state index >= 15 is 0 Å². The number of nitrogens with one attached hydrogen (secondary N) is 2. The Labute approximate surface area is 265 Å². The molecule has 0 aliphatic heterocycles. The van der Waals surface area contributed by atoms with Crippen molar-refractivity contribution >= 4 is 29.5 Å². The molecule has 0 aromatic heterocycles. The Morgan fingerprint density at radius 3 is 1.74 bits per heavy atom. The fourth-order valence-corrected chi connectivity index (χ4v) is 4.12. The van der Waals surface area contributed by atoms with Crippen LogP contribution in [-0.4, -0.2) is 59.7 Å². The number of carbonyl (C=O) groups is 3.